The van der Waals surface area contributed by atoms with Crippen molar-refractivity contribution in [1.82, 2.24) is 4.98 Å². The van der Waals surface area contributed by atoms with E-state index < -0.39 is 32.8 Å². The maximum atomic E-state index is 11.1. The monoisotopic (exact) mass is 317 g/mol. The lowest BCUT2D eigenvalue weighted by Gasteiger charge is -2.10. The number of nitrogens with zero attached hydrogens (tertiary/aromatic N) is 3. The summed E-state index contributed by atoms with van der Waals surface area (Å²) in [6, 6.07) is 4.74. The van der Waals surface area contributed by atoms with Gasteiger partial charge in [0, 0.05) is 36.6 Å². The van der Waals surface area contributed by atoms with Gasteiger partial charge in [0.1, 0.15) is 0 Å². The summed E-state index contributed by atoms with van der Waals surface area (Å²) in [4.78, 5) is 35.1. The van der Waals surface area contributed by atoms with Crippen molar-refractivity contribution in [2.24, 2.45) is 0 Å². The number of aromatic carboxylic acids is 1. The van der Waals surface area contributed by atoms with Crippen LogP contribution in [0.1, 0.15) is 15.9 Å². The zero-order valence-electron chi connectivity index (χ0n) is 11.5. The number of anilines is 1. The van der Waals surface area contributed by atoms with Gasteiger partial charge in [0.05, 0.1) is 15.8 Å². The van der Waals surface area contributed by atoms with Gasteiger partial charge in [-0.1, -0.05) is 6.07 Å². The summed E-state index contributed by atoms with van der Waals surface area (Å²) >= 11 is 0. The van der Waals surface area contributed by atoms with Gasteiger partial charge in [-0.3, -0.25) is 25.2 Å². The number of pyridine rings is 1. The zero-order valence-corrected chi connectivity index (χ0v) is 11.5. The first-order chi connectivity index (χ1) is 10.9. The molecule has 10 nitrogen and oxygen atoms in total. The normalized spacial score (nSPS) is 10.1. The van der Waals surface area contributed by atoms with E-state index in [9.17, 15) is 30.1 Å². The van der Waals surface area contributed by atoms with Crippen molar-refractivity contribution in [3.05, 3.63) is 68.0 Å². The smallest absolute Gasteiger partial charge is 0.300 e. The standard InChI is InChI=1S/C13H10N4O6/c18-13(19)9-4-10(16(20)21)12(11(5-9)17(22)23)15-7-8-2-1-3-14-6-8/h1-6,15H,7H2,(H,18,19)/p-1. The lowest BCUT2D eigenvalue weighted by Crippen LogP contribution is -2.22. The number of carboxylic acid groups (broad SMARTS) is 1. The highest BCUT2D eigenvalue weighted by atomic mass is 16.6. The van der Waals surface area contributed by atoms with E-state index in [1.165, 1.54) is 12.4 Å². The molecule has 0 bridgehead atoms. The average molecular weight is 317 g/mol. The first kappa shape index (κ1) is 15.8. The fourth-order valence-corrected chi connectivity index (χ4v) is 1.89. The van der Waals surface area contributed by atoms with Crippen LogP contribution in [0, 0.1) is 20.2 Å². The van der Waals surface area contributed by atoms with Crippen molar-refractivity contribution in [2.75, 3.05) is 5.32 Å². The Bertz CT molecular complexity index is 742. The highest BCUT2D eigenvalue weighted by Crippen LogP contribution is 2.35. The second-order valence-corrected chi connectivity index (χ2v) is 4.41. The van der Waals surface area contributed by atoms with Crippen molar-refractivity contribution >= 4 is 23.0 Å². The van der Waals surface area contributed by atoms with Crippen LogP contribution in [0.5, 0.6) is 0 Å². The number of aromatic nitrogens is 1. The molecule has 0 atom stereocenters. The van der Waals surface area contributed by atoms with Gasteiger partial charge in [-0.05, 0) is 11.6 Å². The third kappa shape index (κ3) is 3.56. The van der Waals surface area contributed by atoms with E-state index in [0.717, 1.165) is 0 Å². The number of carboxylic acids is 1. The summed E-state index contributed by atoms with van der Waals surface area (Å²) in [6.07, 6.45) is 3.02. The second-order valence-electron chi connectivity index (χ2n) is 4.41. The summed E-state index contributed by atoms with van der Waals surface area (Å²) < 4.78 is 0. The molecule has 1 aromatic carbocycles. The van der Waals surface area contributed by atoms with Crippen LogP contribution in [0.3, 0.4) is 0 Å². The number of rotatable bonds is 6. The fourth-order valence-electron chi connectivity index (χ4n) is 1.89. The third-order valence-electron chi connectivity index (χ3n) is 2.92. The largest absolute Gasteiger partial charge is 0.545 e. The van der Waals surface area contributed by atoms with Crippen molar-refractivity contribution in [2.45, 2.75) is 6.54 Å². The first-order valence-corrected chi connectivity index (χ1v) is 6.21. The van der Waals surface area contributed by atoms with E-state index >= 15 is 0 Å². The molecule has 0 spiro atoms. The van der Waals surface area contributed by atoms with E-state index in [4.69, 9.17) is 0 Å². The predicted octanol–water partition coefficient (Wildman–Crippen LogP) is 0.874. The number of benzene rings is 1. The van der Waals surface area contributed by atoms with E-state index in [2.05, 4.69) is 10.3 Å². The number of carbonyl (C=O) groups excluding carboxylic acids is 1. The minimum absolute atomic E-state index is 0.0419. The zero-order chi connectivity index (χ0) is 17.0. The van der Waals surface area contributed by atoms with Gasteiger partial charge in [-0.15, -0.1) is 0 Å². The molecule has 1 aromatic heterocycles. The molecule has 23 heavy (non-hydrogen) atoms. The summed E-state index contributed by atoms with van der Waals surface area (Å²) in [5.41, 5.74) is -1.83. The molecule has 0 aliphatic carbocycles. The number of nitrogens with one attached hydrogen (secondary N) is 1. The molecule has 0 aliphatic rings. The Kier molecular flexibility index (Phi) is 4.45. The van der Waals surface area contributed by atoms with Crippen LogP contribution in [-0.4, -0.2) is 20.8 Å². The van der Waals surface area contributed by atoms with Crippen molar-refractivity contribution in [3.63, 3.8) is 0 Å². The molecule has 0 saturated carbocycles. The highest BCUT2D eigenvalue weighted by molar-refractivity contribution is 5.91. The van der Waals surface area contributed by atoms with Crippen LogP contribution in [0.15, 0.2) is 36.7 Å². The van der Waals surface area contributed by atoms with Gasteiger partial charge in [0.15, 0.2) is 5.69 Å². The number of hydrogen-bond acceptors (Lipinski definition) is 8. The summed E-state index contributed by atoms with van der Waals surface area (Å²) in [5.74, 6) is -1.74. The Morgan fingerprint density at radius 1 is 1.17 bits per heavy atom. The molecule has 10 heteroatoms. The average Bonchev–Trinajstić information content (AvgIpc) is 2.52. The predicted molar refractivity (Wildman–Crippen MR) is 75.6 cm³/mol. The molecule has 0 saturated heterocycles. The van der Waals surface area contributed by atoms with E-state index in [1.54, 1.807) is 12.1 Å². The van der Waals surface area contributed by atoms with Crippen LogP contribution < -0.4 is 10.4 Å². The van der Waals surface area contributed by atoms with Gasteiger partial charge in [-0.2, -0.15) is 0 Å². The van der Waals surface area contributed by atoms with Gasteiger partial charge in [-0.25, -0.2) is 0 Å². The molecule has 118 valence electrons. The molecule has 0 fully saturated rings. The molecular weight excluding hydrogens is 308 g/mol. The Morgan fingerprint density at radius 3 is 2.22 bits per heavy atom. The topological polar surface area (TPSA) is 151 Å². The van der Waals surface area contributed by atoms with Gasteiger partial charge in [0.25, 0.3) is 11.4 Å². The van der Waals surface area contributed by atoms with Crippen LogP contribution >= 0.6 is 0 Å². The first-order valence-electron chi connectivity index (χ1n) is 6.21. The van der Waals surface area contributed by atoms with Crippen LogP contribution in [-0.2, 0) is 6.54 Å². The van der Waals surface area contributed by atoms with Crippen molar-refractivity contribution in [3.8, 4) is 0 Å². The summed E-state index contributed by atoms with van der Waals surface area (Å²) in [5, 5.41) is 35.6. The number of carbonyl (C=O) groups is 1. The molecule has 1 heterocycles. The van der Waals surface area contributed by atoms with Crippen LogP contribution in [0.25, 0.3) is 0 Å². The number of nitro groups is 2. The van der Waals surface area contributed by atoms with Crippen LogP contribution in [0.2, 0.25) is 0 Å². The fraction of sp³-hybridized carbons (Fsp3) is 0.0769. The molecule has 2 aromatic rings. The van der Waals surface area contributed by atoms with E-state index in [0.29, 0.717) is 17.7 Å². The van der Waals surface area contributed by atoms with Crippen molar-refractivity contribution < 1.29 is 19.7 Å². The minimum atomic E-state index is -1.74. The van der Waals surface area contributed by atoms with E-state index in [1.807, 2.05) is 0 Å². The summed E-state index contributed by atoms with van der Waals surface area (Å²) in [7, 11) is 0. The van der Waals surface area contributed by atoms with E-state index in [-0.39, 0.29) is 12.2 Å². The van der Waals surface area contributed by atoms with Crippen molar-refractivity contribution in [1.29, 1.82) is 0 Å². The maximum Gasteiger partial charge on any atom is 0.300 e. The minimum Gasteiger partial charge on any atom is -0.545 e. The lowest BCUT2D eigenvalue weighted by atomic mass is 10.1. The number of hydrogen-bond donors (Lipinski definition) is 1. The molecule has 0 radical (unpaired) electrons. The molecular formula is C13H9N4O6-. The quantitative estimate of drug-likeness (QED) is 0.608. The molecule has 2 rings (SSSR count). The van der Waals surface area contributed by atoms with Crippen LogP contribution in [0.4, 0.5) is 17.1 Å². The Hall–Kier alpha value is -3.56. The maximum absolute atomic E-state index is 11.1. The summed E-state index contributed by atoms with van der Waals surface area (Å²) in [6.45, 7) is 0.0419. The highest BCUT2D eigenvalue weighted by Gasteiger charge is 2.27. The lowest BCUT2D eigenvalue weighted by molar-refractivity contribution is -0.392. The Morgan fingerprint density at radius 2 is 1.78 bits per heavy atom. The SMILES string of the molecule is O=C([O-])c1cc([N+](=O)[O-])c(NCc2cccnc2)c([N+](=O)[O-])c1. The van der Waals surface area contributed by atoms with Gasteiger partial charge >= 0.3 is 0 Å². The Balaban J connectivity index is 2.48. The Labute approximate surface area is 128 Å². The number of nitro benzene ring substituents is 2. The molecule has 0 aliphatic heterocycles. The second kappa shape index (κ2) is 6.47. The van der Waals surface area contributed by atoms with Gasteiger partial charge in [0.2, 0.25) is 0 Å². The van der Waals surface area contributed by atoms with Gasteiger partial charge < -0.3 is 15.2 Å². The third-order valence-corrected chi connectivity index (χ3v) is 2.92. The molecule has 0 unspecified atom stereocenters. The molecule has 0 amide bonds. The molecule has 1 N–H and O–H groups in total.